The second-order valence-corrected chi connectivity index (χ2v) is 8.47. The number of rotatable bonds is 3. The maximum absolute atomic E-state index is 12.6. The molecule has 0 bridgehead atoms. The zero-order valence-corrected chi connectivity index (χ0v) is 16.2. The van der Waals surface area contributed by atoms with Crippen LogP contribution in [0, 0.1) is 11.8 Å². The Labute approximate surface area is 164 Å². The van der Waals surface area contributed by atoms with Crippen molar-refractivity contribution in [2.24, 2.45) is 11.8 Å². The fourth-order valence-electron chi connectivity index (χ4n) is 4.70. The molecule has 27 heavy (non-hydrogen) atoms. The molecule has 4 rings (SSSR count). The summed E-state index contributed by atoms with van der Waals surface area (Å²) < 4.78 is 0. The minimum Gasteiger partial charge on any atom is -0.465 e. The molecular weight excluding hydrogens is 366 g/mol. The Morgan fingerprint density at radius 3 is 2.26 bits per heavy atom. The lowest BCUT2D eigenvalue weighted by atomic mass is 10.0. The first kappa shape index (κ1) is 18.6. The molecule has 146 valence electrons. The highest BCUT2D eigenvalue weighted by Gasteiger charge is 2.41. The molecule has 2 atom stereocenters. The van der Waals surface area contributed by atoms with Crippen molar-refractivity contribution in [2.45, 2.75) is 25.8 Å². The molecule has 1 N–H and O–H groups in total. The predicted molar refractivity (Wildman–Crippen MR) is 103 cm³/mol. The Balaban J connectivity index is 1.37. The highest BCUT2D eigenvalue weighted by molar-refractivity contribution is 6.31. The molecule has 2 unspecified atom stereocenters. The Kier molecular flexibility index (Phi) is 5.28. The van der Waals surface area contributed by atoms with Gasteiger partial charge in [0.2, 0.25) is 0 Å². The van der Waals surface area contributed by atoms with E-state index in [1.807, 2.05) is 17.0 Å². The lowest BCUT2D eigenvalue weighted by Gasteiger charge is -2.27. The number of fused-ring (bicyclic) bond motifs is 1. The number of likely N-dealkylation sites (tertiary alicyclic amines) is 3. The zero-order valence-electron chi connectivity index (χ0n) is 15.4. The molecule has 3 aliphatic rings. The summed E-state index contributed by atoms with van der Waals surface area (Å²) in [6.07, 6.45) is 2.54. The van der Waals surface area contributed by atoms with E-state index in [2.05, 4.69) is 4.90 Å². The highest BCUT2D eigenvalue weighted by atomic mass is 35.5. The minimum absolute atomic E-state index is 0.0765. The van der Waals surface area contributed by atoms with Gasteiger partial charge in [-0.05, 0) is 48.8 Å². The Morgan fingerprint density at radius 2 is 1.67 bits per heavy atom. The molecule has 3 fully saturated rings. The van der Waals surface area contributed by atoms with Gasteiger partial charge in [0.05, 0.1) is 0 Å². The quantitative estimate of drug-likeness (QED) is 0.860. The second kappa shape index (κ2) is 7.68. The number of nitrogens with zero attached hydrogens (tertiary/aromatic N) is 3. The Morgan fingerprint density at radius 1 is 1.00 bits per heavy atom. The molecule has 3 saturated heterocycles. The van der Waals surface area contributed by atoms with Gasteiger partial charge in [0, 0.05) is 56.4 Å². The Bertz CT molecular complexity index is 721. The number of carboxylic acid groups (broad SMARTS) is 1. The van der Waals surface area contributed by atoms with Crippen LogP contribution in [0.3, 0.4) is 0 Å². The number of carbonyl (C=O) groups is 2. The zero-order chi connectivity index (χ0) is 19.0. The van der Waals surface area contributed by atoms with Crippen molar-refractivity contribution in [3.8, 4) is 0 Å². The fraction of sp³-hybridized carbons (Fsp3) is 0.600. The monoisotopic (exact) mass is 391 g/mol. The van der Waals surface area contributed by atoms with Gasteiger partial charge in [0.1, 0.15) is 0 Å². The van der Waals surface area contributed by atoms with Crippen LogP contribution in [0.4, 0.5) is 4.79 Å². The van der Waals surface area contributed by atoms with Crippen LogP contribution in [0.1, 0.15) is 35.2 Å². The van der Waals surface area contributed by atoms with Crippen molar-refractivity contribution in [1.82, 2.24) is 14.7 Å². The van der Waals surface area contributed by atoms with Gasteiger partial charge in [0.25, 0.3) is 5.91 Å². The molecule has 0 aromatic heterocycles. The first-order chi connectivity index (χ1) is 13.0. The van der Waals surface area contributed by atoms with Crippen molar-refractivity contribution in [1.29, 1.82) is 0 Å². The average Bonchev–Trinajstić information content (AvgIpc) is 3.22. The molecule has 6 nitrogen and oxygen atoms in total. The standard InChI is InChI=1S/C20H26ClN3O3/c21-18-8-14(19(25)23-6-2-1-3-7-23)4-5-15(18)9-22-10-16-12-24(20(26)27)13-17(16)11-22/h4-5,8,16-17H,1-3,6-7,9-13H2,(H,26,27). The number of carbonyl (C=O) groups excluding carboxylic acids is 1. The first-order valence-corrected chi connectivity index (χ1v) is 10.2. The van der Waals surface area contributed by atoms with Gasteiger partial charge >= 0.3 is 6.09 Å². The van der Waals surface area contributed by atoms with E-state index < -0.39 is 6.09 Å². The third-order valence-electron chi connectivity index (χ3n) is 6.17. The summed E-state index contributed by atoms with van der Waals surface area (Å²) in [4.78, 5) is 29.5. The van der Waals surface area contributed by atoms with Crippen LogP contribution in [0.2, 0.25) is 5.02 Å². The predicted octanol–water partition coefficient (Wildman–Crippen LogP) is 3.01. The van der Waals surface area contributed by atoms with Crippen molar-refractivity contribution in [2.75, 3.05) is 39.3 Å². The minimum atomic E-state index is -0.812. The molecule has 1 aromatic rings. The summed E-state index contributed by atoms with van der Waals surface area (Å²) in [6, 6.07) is 5.66. The average molecular weight is 392 g/mol. The molecule has 2 amide bonds. The summed E-state index contributed by atoms with van der Waals surface area (Å²) in [6.45, 7) is 5.49. The third kappa shape index (κ3) is 3.92. The van der Waals surface area contributed by atoms with Crippen molar-refractivity contribution in [3.05, 3.63) is 34.3 Å². The smallest absolute Gasteiger partial charge is 0.407 e. The van der Waals surface area contributed by atoms with Crippen molar-refractivity contribution >= 4 is 23.6 Å². The number of hydrogen-bond acceptors (Lipinski definition) is 3. The van der Waals surface area contributed by atoms with Crippen molar-refractivity contribution in [3.63, 3.8) is 0 Å². The SMILES string of the molecule is O=C(O)N1CC2CN(Cc3ccc(C(=O)N4CCCCC4)cc3Cl)CC2C1. The van der Waals surface area contributed by atoms with Crippen molar-refractivity contribution < 1.29 is 14.7 Å². The van der Waals surface area contributed by atoms with E-state index in [0.29, 0.717) is 35.5 Å². The molecule has 0 aliphatic carbocycles. The summed E-state index contributed by atoms with van der Waals surface area (Å²) in [7, 11) is 0. The van der Waals surface area contributed by atoms with Crippen LogP contribution < -0.4 is 0 Å². The van der Waals surface area contributed by atoms with E-state index in [9.17, 15) is 9.59 Å². The molecule has 7 heteroatoms. The molecule has 3 aliphatic heterocycles. The number of benzene rings is 1. The van der Waals surface area contributed by atoms with Crippen LogP contribution in [0.5, 0.6) is 0 Å². The van der Waals surface area contributed by atoms with E-state index in [4.69, 9.17) is 16.7 Å². The Hall–Kier alpha value is -1.79. The first-order valence-electron chi connectivity index (χ1n) is 9.79. The number of halogens is 1. The number of amides is 2. The van der Waals surface area contributed by atoms with E-state index in [1.165, 1.54) is 11.3 Å². The lowest BCUT2D eigenvalue weighted by molar-refractivity contribution is 0.0724. The molecule has 3 heterocycles. The maximum atomic E-state index is 12.6. The van der Waals surface area contributed by atoms with Crippen LogP contribution in [0.25, 0.3) is 0 Å². The van der Waals surface area contributed by atoms with Gasteiger partial charge in [-0.2, -0.15) is 0 Å². The molecule has 1 aromatic carbocycles. The summed E-state index contributed by atoms with van der Waals surface area (Å²) in [5.74, 6) is 0.910. The number of hydrogen-bond donors (Lipinski definition) is 1. The maximum Gasteiger partial charge on any atom is 0.407 e. The summed E-state index contributed by atoms with van der Waals surface area (Å²) in [5, 5.41) is 9.78. The lowest BCUT2D eigenvalue weighted by Crippen LogP contribution is -2.35. The number of piperidine rings is 1. The van der Waals surface area contributed by atoms with Gasteiger partial charge in [0.15, 0.2) is 0 Å². The molecule has 0 saturated carbocycles. The van der Waals surface area contributed by atoms with Crippen LogP contribution in [0.15, 0.2) is 18.2 Å². The highest BCUT2D eigenvalue weighted by Crippen LogP contribution is 2.33. The second-order valence-electron chi connectivity index (χ2n) is 8.06. The summed E-state index contributed by atoms with van der Waals surface area (Å²) in [5.41, 5.74) is 1.70. The van der Waals surface area contributed by atoms with Gasteiger partial charge < -0.3 is 14.9 Å². The normalized spacial score (nSPS) is 25.7. The topological polar surface area (TPSA) is 64.1 Å². The van der Waals surface area contributed by atoms with E-state index in [0.717, 1.165) is 51.1 Å². The van der Waals surface area contributed by atoms with Crippen LogP contribution >= 0.6 is 11.6 Å². The third-order valence-corrected chi connectivity index (χ3v) is 6.52. The van der Waals surface area contributed by atoms with E-state index in [-0.39, 0.29) is 5.91 Å². The molecular formula is C20H26ClN3O3. The van der Waals surface area contributed by atoms with Gasteiger partial charge in [-0.1, -0.05) is 17.7 Å². The van der Waals surface area contributed by atoms with Crippen LogP contribution in [-0.4, -0.2) is 71.1 Å². The van der Waals surface area contributed by atoms with Gasteiger partial charge in [-0.15, -0.1) is 0 Å². The molecule has 0 radical (unpaired) electrons. The van der Waals surface area contributed by atoms with E-state index in [1.54, 1.807) is 6.07 Å². The fourth-order valence-corrected chi connectivity index (χ4v) is 4.94. The largest absolute Gasteiger partial charge is 0.465 e. The summed E-state index contributed by atoms with van der Waals surface area (Å²) >= 11 is 6.49. The van der Waals surface area contributed by atoms with Gasteiger partial charge in [-0.25, -0.2) is 4.79 Å². The van der Waals surface area contributed by atoms with E-state index >= 15 is 0 Å². The molecule has 0 spiro atoms. The van der Waals surface area contributed by atoms with Crippen LogP contribution in [-0.2, 0) is 6.54 Å². The van der Waals surface area contributed by atoms with Gasteiger partial charge in [-0.3, -0.25) is 9.69 Å².